The van der Waals surface area contributed by atoms with Crippen LogP contribution in [0.1, 0.15) is 31.2 Å². The first-order valence-electron chi connectivity index (χ1n) is 7.52. The number of hydrogen-bond donors (Lipinski definition) is 1. The quantitative estimate of drug-likeness (QED) is 0.876. The second-order valence-electron chi connectivity index (χ2n) is 5.67. The molecule has 0 spiro atoms. The van der Waals surface area contributed by atoms with Gasteiger partial charge in [0.05, 0.1) is 13.2 Å². The molecule has 0 radical (unpaired) electrons. The summed E-state index contributed by atoms with van der Waals surface area (Å²) < 4.78 is 32.7. The summed E-state index contributed by atoms with van der Waals surface area (Å²) in [5, 5.41) is 0. The average molecular weight is 312 g/mol. The van der Waals surface area contributed by atoms with Gasteiger partial charge in [-0.3, -0.25) is 4.79 Å². The highest BCUT2D eigenvalue weighted by Crippen LogP contribution is 2.26. The predicted molar refractivity (Wildman–Crippen MR) is 79.0 cm³/mol. The topological polar surface area (TPSA) is 55.6 Å². The first-order chi connectivity index (χ1) is 10.5. The lowest BCUT2D eigenvalue weighted by Crippen LogP contribution is -2.49. The van der Waals surface area contributed by atoms with Crippen molar-refractivity contribution in [2.24, 2.45) is 5.73 Å². The van der Waals surface area contributed by atoms with Crippen molar-refractivity contribution in [3.05, 3.63) is 35.4 Å². The van der Waals surface area contributed by atoms with Crippen molar-refractivity contribution in [1.29, 1.82) is 0 Å². The van der Waals surface area contributed by atoms with Crippen LogP contribution in [0, 0.1) is 11.6 Å². The van der Waals surface area contributed by atoms with Crippen molar-refractivity contribution < 1.29 is 18.3 Å². The van der Waals surface area contributed by atoms with Gasteiger partial charge < -0.3 is 15.4 Å². The Morgan fingerprint density at radius 3 is 2.50 bits per heavy atom. The molecule has 1 fully saturated rings. The molecule has 1 aliphatic rings. The van der Waals surface area contributed by atoms with E-state index in [9.17, 15) is 13.6 Å². The first kappa shape index (κ1) is 16.8. The predicted octanol–water partition coefficient (Wildman–Crippen LogP) is 2.21. The molecule has 2 N–H and O–H groups in total. The molecule has 4 nitrogen and oxygen atoms in total. The van der Waals surface area contributed by atoms with Crippen molar-refractivity contribution in [2.45, 2.75) is 44.3 Å². The van der Waals surface area contributed by atoms with E-state index in [1.54, 1.807) is 0 Å². The van der Waals surface area contributed by atoms with Gasteiger partial charge in [0.2, 0.25) is 5.91 Å². The normalized spacial score (nSPS) is 16.7. The molecule has 1 aromatic rings. The number of ether oxygens (including phenoxy) is 1. The third-order valence-corrected chi connectivity index (χ3v) is 4.10. The van der Waals surface area contributed by atoms with Crippen LogP contribution >= 0.6 is 0 Å². The Kier molecular flexibility index (Phi) is 5.85. The molecule has 22 heavy (non-hydrogen) atoms. The Labute approximate surface area is 129 Å². The van der Waals surface area contributed by atoms with E-state index < -0.39 is 17.7 Å². The summed E-state index contributed by atoms with van der Waals surface area (Å²) in [5.74, 6) is -1.61. The molecular weight excluding hydrogens is 290 g/mol. The van der Waals surface area contributed by atoms with E-state index >= 15 is 0 Å². The van der Waals surface area contributed by atoms with Crippen molar-refractivity contribution in [2.75, 3.05) is 13.7 Å². The summed E-state index contributed by atoms with van der Waals surface area (Å²) >= 11 is 0. The zero-order valence-corrected chi connectivity index (χ0v) is 12.7. The zero-order valence-electron chi connectivity index (χ0n) is 12.7. The minimum Gasteiger partial charge on any atom is -0.383 e. The Bertz CT molecular complexity index is 499. The third-order valence-electron chi connectivity index (χ3n) is 4.10. The van der Waals surface area contributed by atoms with Gasteiger partial charge in [0.1, 0.15) is 17.7 Å². The fourth-order valence-electron chi connectivity index (χ4n) is 2.92. The third kappa shape index (κ3) is 3.81. The van der Waals surface area contributed by atoms with Crippen LogP contribution in [0.3, 0.4) is 0 Å². The fourth-order valence-corrected chi connectivity index (χ4v) is 2.92. The molecule has 1 unspecified atom stereocenters. The van der Waals surface area contributed by atoms with Gasteiger partial charge in [0.25, 0.3) is 0 Å². The Morgan fingerprint density at radius 2 is 1.95 bits per heavy atom. The highest BCUT2D eigenvalue weighted by molar-refractivity contribution is 5.82. The molecule has 122 valence electrons. The van der Waals surface area contributed by atoms with Gasteiger partial charge in [-0.05, 0) is 25.0 Å². The minimum atomic E-state index is -0.819. The Morgan fingerprint density at radius 1 is 1.36 bits per heavy atom. The number of halogens is 2. The Hall–Kier alpha value is -1.53. The molecule has 0 saturated heterocycles. The van der Waals surface area contributed by atoms with Crippen LogP contribution in [0.25, 0.3) is 0 Å². The lowest BCUT2D eigenvalue weighted by atomic mass is 10.1. The lowest BCUT2D eigenvalue weighted by Gasteiger charge is -2.31. The number of rotatable bonds is 6. The molecule has 2 rings (SSSR count). The maximum atomic E-state index is 13.9. The lowest BCUT2D eigenvalue weighted by molar-refractivity contribution is -0.136. The van der Waals surface area contributed by atoms with Crippen molar-refractivity contribution >= 4 is 5.91 Å². The minimum absolute atomic E-state index is 0.0191. The molecule has 1 aliphatic carbocycles. The zero-order chi connectivity index (χ0) is 16.1. The molecule has 1 saturated carbocycles. The second-order valence-corrected chi connectivity index (χ2v) is 5.67. The molecular formula is C16H22F2N2O2. The van der Waals surface area contributed by atoms with Gasteiger partial charge in [-0.2, -0.15) is 0 Å². The van der Waals surface area contributed by atoms with E-state index in [0.717, 1.165) is 25.7 Å². The maximum absolute atomic E-state index is 13.9. The number of carbonyl (C=O) groups excluding carboxylic acids is 1. The largest absolute Gasteiger partial charge is 0.383 e. The fraction of sp³-hybridized carbons (Fsp3) is 0.562. The maximum Gasteiger partial charge on any atom is 0.242 e. The van der Waals surface area contributed by atoms with E-state index in [1.165, 1.54) is 30.2 Å². The van der Waals surface area contributed by atoms with E-state index in [0.29, 0.717) is 0 Å². The van der Waals surface area contributed by atoms with Crippen LogP contribution in [0.15, 0.2) is 18.2 Å². The number of carbonyl (C=O) groups is 1. The van der Waals surface area contributed by atoms with Crippen LogP contribution in [0.4, 0.5) is 8.78 Å². The number of hydrogen-bond acceptors (Lipinski definition) is 3. The van der Waals surface area contributed by atoms with E-state index in [4.69, 9.17) is 10.5 Å². The molecule has 1 amide bonds. The molecule has 1 aromatic carbocycles. The average Bonchev–Trinajstić information content (AvgIpc) is 3.00. The van der Waals surface area contributed by atoms with Gasteiger partial charge in [-0.1, -0.05) is 18.9 Å². The van der Waals surface area contributed by atoms with Crippen LogP contribution in [-0.2, 0) is 16.1 Å². The van der Waals surface area contributed by atoms with E-state index in [1.807, 2.05) is 0 Å². The van der Waals surface area contributed by atoms with Crippen LogP contribution in [0.5, 0.6) is 0 Å². The van der Waals surface area contributed by atoms with Crippen molar-refractivity contribution in [3.63, 3.8) is 0 Å². The molecule has 0 aliphatic heterocycles. The Balaban J connectivity index is 2.22. The van der Waals surface area contributed by atoms with Crippen molar-refractivity contribution in [3.8, 4) is 0 Å². The number of methoxy groups -OCH3 is 1. The van der Waals surface area contributed by atoms with E-state index in [-0.39, 0.29) is 30.7 Å². The van der Waals surface area contributed by atoms with Gasteiger partial charge >= 0.3 is 0 Å². The van der Waals surface area contributed by atoms with Crippen molar-refractivity contribution in [1.82, 2.24) is 4.90 Å². The van der Waals surface area contributed by atoms with Gasteiger partial charge in [-0.15, -0.1) is 0 Å². The highest BCUT2D eigenvalue weighted by Gasteiger charge is 2.31. The first-order valence-corrected chi connectivity index (χ1v) is 7.52. The van der Waals surface area contributed by atoms with Gasteiger partial charge in [0.15, 0.2) is 0 Å². The van der Waals surface area contributed by atoms with Crippen LogP contribution in [0.2, 0.25) is 0 Å². The molecule has 0 aromatic heterocycles. The van der Waals surface area contributed by atoms with Crippen LogP contribution in [-0.4, -0.2) is 36.6 Å². The number of amides is 1. The van der Waals surface area contributed by atoms with Gasteiger partial charge in [0, 0.05) is 18.7 Å². The summed E-state index contributed by atoms with van der Waals surface area (Å²) in [6.07, 6.45) is 3.68. The smallest absolute Gasteiger partial charge is 0.242 e. The highest BCUT2D eigenvalue weighted by atomic mass is 19.1. The molecule has 1 atom stereocenters. The standard InChI is InChI=1S/C16H22F2N2O2/c1-22-10-15(19)16(21)20(11-5-2-3-6-11)9-12-13(17)7-4-8-14(12)18/h4,7-8,11,15H,2-3,5-6,9-10,19H2,1H3. The number of nitrogens with zero attached hydrogens (tertiary/aromatic N) is 1. The number of nitrogens with two attached hydrogens (primary N) is 1. The summed E-state index contributed by atoms with van der Waals surface area (Å²) in [5.41, 5.74) is 5.73. The van der Waals surface area contributed by atoms with Crippen LogP contribution < -0.4 is 5.73 Å². The summed E-state index contributed by atoms with van der Waals surface area (Å²) in [4.78, 5) is 14.0. The number of benzene rings is 1. The van der Waals surface area contributed by atoms with E-state index in [2.05, 4.69) is 0 Å². The monoisotopic (exact) mass is 312 g/mol. The SMILES string of the molecule is COCC(N)C(=O)N(Cc1c(F)cccc1F)C1CCCC1. The molecule has 0 bridgehead atoms. The molecule has 0 heterocycles. The summed E-state index contributed by atoms with van der Waals surface area (Å²) in [6, 6.07) is 2.87. The summed E-state index contributed by atoms with van der Waals surface area (Å²) in [7, 11) is 1.46. The summed E-state index contributed by atoms with van der Waals surface area (Å²) in [6.45, 7) is -0.0127. The molecule has 6 heteroatoms. The second kappa shape index (κ2) is 7.65. The van der Waals surface area contributed by atoms with Gasteiger partial charge in [-0.25, -0.2) is 8.78 Å².